The number of amides is 1. The second-order valence-electron chi connectivity index (χ2n) is 5.50. The fraction of sp³-hybridized carbons (Fsp3) is 0.0526. The molecule has 3 aromatic carbocycles. The van der Waals surface area contributed by atoms with Gasteiger partial charge in [-0.15, -0.1) is 0 Å². The zero-order valence-electron chi connectivity index (χ0n) is 13.3. The van der Waals surface area contributed by atoms with Crippen LogP contribution >= 0.6 is 0 Å². The van der Waals surface area contributed by atoms with E-state index in [0.717, 1.165) is 17.5 Å². The van der Waals surface area contributed by atoms with Crippen molar-refractivity contribution in [1.82, 2.24) is 5.43 Å². The van der Waals surface area contributed by atoms with Gasteiger partial charge in [0.05, 0.1) is 17.3 Å². The molecule has 0 fully saturated rings. The topological polar surface area (TPSA) is 61.7 Å². The molecule has 0 heterocycles. The molecule has 0 aliphatic heterocycles. The van der Waals surface area contributed by atoms with Crippen LogP contribution in [0.3, 0.4) is 0 Å². The average Bonchev–Trinajstić information content (AvgIpc) is 2.62. The van der Waals surface area contributed by atoms with E-state index in [1.165, 1.54) is 24.4 Å². The minimum atomic E-state index is -4.41. The Morgan fingerprint density at radius 1 is 1.00 bits per heavy atom. The van der Waals surface area contributed by atoms with Gasteiger partial charge in [0, 0.05) is 5.39 Å². The standard InChI is InChI=1S/C19H13F3N2O2/c20-19(21,22)14-8-5-12(6-9-14)11-23-24-18(26)16-10-7-13-3-1-2-4-15(13)17(16)25/h1-11,25H,(H,24,26). The number of rotatable bonds is 3. The number of hydrogen-bond acceptors (Lipinski definition) is 3. The van der Waals surface area contributed by atoms with E-state index in [-0.39, 0.29) is 11.3 Å². The van der Waals surface area contributed by atoms with Crippen molar-refractivity contribution in [3.63, 3.8) is 0 Å². The second kappa shape index (κ2) is 6.87. The predicted octanol–water partition coefficient (Wildman–Crippen LogP) is 4.33. The van der Waals surface area contributed by atoms with Gasteiger partial charge in [0.25, 0.3) is 5.91 Å². The van der Waals surface area contributed by atoms with Crippen molar-refractivity contribution in [3.8, 4) is 5.75 Å². The minimum absolute atomic E-state index is 0.0493. The smallest absolute Gasteiger partial charge is 0.416 e. The van der Waals surface area contributed by atoms with Crippen LogP contribution in [0.25, 0.3) is 10.8 Å². The Bertz CT molecular complexity index is 980. The monoisotopic (exact) mass is 358 g/mol. The molecule has 1 amide bonds. The van der Waals surface area contributed by atoms with E-state index in [2.05, 4.69) is 10.5 Å². The molecule has 0 unspecified atom stereocenters. The molecule has 0 aliphatic carbocycles. The van der Waals surface area contributed by atoms with Crippen molar-refractivity contribution in [1.29, 1.82) is 0 Å². The highest BCUT2D eigenvalue weighted by molar-refractivity contribution is 6.03. The summed E-state index contributed by atoms with van der Waals surface area (Å²) in [6.07, 6.45) is -3.19. The van der Waals surface area contributed by atoms with E-state index < -0.39 is 17.6 Å². The van der Waals surface area contributed by atoms with Gasteiger partial charge in [-0.05, 0) is 29.1 Å². The summed E-state index contributed by atoms with van der Waals surface area (Å²) in [5.74, 6) is -0.790. The predicted molar refractivity (Wildman–Crippen MR) is 92.1 cm³/mol. The van der Waals surface area contributed by atoms with E-state index in [9.17, 15) is 23.1 Å². The van der Waals surface area contributed by atoms with Gasteiger partial charge in [0.2, 0.25) is 0 Å². The SMILES string of the molecule is O=C(NN=Cc1ccc(C(F)(F)F)cc1)c1ccc2ccccc2c1O. The lowest BCUT2D eigenvalue weighted by molar-refractivity contribution is -0.137. The largest absolute Gasteiger partial charge is 0.506 e. The lowest BCUT2D eigenvalue weighted by atomic mass is 10.1. The molecule has 0 atom stereocenters. The number of halogens is 3. The molecule has 132 valence electrons. The van der Waals surface area contributed by atoms with Crippen LogP contribution in [0.4, 0.5) is 13.2 Å². The van der Waals surface area contributed by atoms with Crippen LogP contribution in [0.1, 0.15) is 21.5 Å². The molecule has 4 nitrogen and oxygen atoms in total. The third-order valence-corrected chi connectivity index (χ3v) is 3.76. The fourth-order valence-corrected chi connectivity index (χ4v) is 2.42. The summed E-state index contributed by atoms with van der Waals surface area (Å²) in [6, 6.07) is 14.6. The minimum Gasteiger partial charge on any atom is -0.506 e. The van der Waals surface area contributed by atoms with Crippen molar-refractivity contribution in [3.05, 3.63) is 77.4 Å². The van der Waals surface area contributed by atoms with Gasteiger partial charge in [-0.2, -0.15) is 18.3 Å². The van der Waals surface area contributed by atoms with Gasteiger partial charge in [-0.1, -0.05) is 42.5 Å². The van der Waals surface area contributed by atoms with Gasteiger partial charge in [0.1, 0.15) is 5.75 Å². The normalized spacial score (nSPS) is 11.8. The van der Waals surface area contributed by atoms with Crippen LogP contribution in [0.15, 0.2) is 65.8 Å². The van der Waals surface area contributed by atoms with Crippen molar-refractivity contribution in [2.75, 3.05) is 0 Å². The number of phenols is 1. The third-order valence-electron chi connectivity index (χ3n) is 3.76. The molecule has 26 heavy (non-hydrogen) atoms. The van der Waals surface area contributed by atoms with Crippen LogP contribution in [0.5, 0.6) is 5.75 Å². The number of hydrogen-bond donors (Lipinski definition) is 2. The molecular weight excluding hydrogens is 345 g/mol. The summed E-state index contributed by atoms with van der Waals surface area (Å²) >= 11 is 0. The molecule has 0 saturated heterocycles. The summed E-state index contributed by atoms with van der Waals surface area (Å²) in [6.45, 7) is 0. The number of phenolic OH excluding ortho intramolecular Hbond substituents is 1. The Morgan fingerprint density at radius 3 is 2.38 bits per heavy atom. The number of carbonyl (C=O) groups excluding carboxylic acids is 1. The summed E-state index contributed by atoms with van der Waals surface area (Å²) < 4.78 is 37.5. The van der Waals surface area contributed by atoms with E-state index in [1.807, 2.05) is 6.07 Å². The summed E-state index contributed by atoms with van der Waals surface area (Å²) in [4.78, 5) is 12.2. The Morgan fingerprint density at radius 2 is 1.69 bits per heavy atom. The van der Waals surface area contributed by atoms with Crippen LogP contribution < -0.4 is 5.43 Å². The number of nitrogens with one attached hydrogen (secondary N) is 1. The molecule has 3 rings (SSSR count). The number of carbonyl (C=O) groups is 1. The molecule has 3 aromatic rings. The highest BCUT2D eigenvalue weighted by atomic mass is 19.4. The number of benzene rings is 3. The molecule has 0 spiro atoms. The zero-order chi connectivity index (χ0) is 18.7. The van der Waals surface area contributed by atoms with E-state index in [0.29, 0.717) is 10.9 Å². The van der Waals surface area contributed by atoms with Gasteiger partial charge >= 0.3 is 6.18 Å². The maximum Gasteiger partial charge on any atom is 0.416 e. The molecule has 2 N–H and O–H groups in total. The van der Waals surface area contributed by atoms with Gasteiger partial charge < -0.3 is 5.11 Å². The lowest BCUT2D eigenvalue weighted by Crippen LogP contribution is -2.17. The average molecular weight is 358 g/mol. The van der Waals surface area contributed by atoms with E-state index in [1.54, 1.807) is 24.3 Å². The number of aromatic hydroxyl groups is 1. The van der Waals surface area contributed by atoms with E-state index in [4.69, 9.17) is 0 Å². The molecule has 0 bridgehead atoms. The van der Waals surface area contributed by atoms with Crippen LogP contribution in [0, 0.1) is 0 Å². The van der Waals surface area contributed by atoms with Crippen LogP contribution in [-0.4, -0.2) is 17.2 Å². The van der Waals surface area contributed by atoms with Crippen LogP contribution in [0.2, 0.25) is 0 Å². The first kappa shape index (κ1) is 17.5. The first-order valence-corrected chi connectivity index (χ1v) is 7.57. The number of nitrogens with zero attached hydrogens (tertiary/aromatic N) is 1. The number of alkyl halides is 3. The molecule has 0 aromatic heterocycles. The van der Waals surface area contributed by atoms with E-state index >= 15 is 0 Å². The number of fused-ring (bicyclic) bond motifs is 1. The Hall–Kier alpha value is -3.35. The van der Waals surface area contributed by atoms with Crippen molar-refractivity contribution < 1.29 is 23.1 Å². The highest BCUT2D eigenvalue weighted by Gasteiger charge is 2.29. The Labute approximate surface area is 146 Å². The molecule has 0 radical (unpaired) electrons. The molecule has 0 saturated carbocycles. The maximum absolute atomic E-state index is 12.5. The van der Waals surface area contributed by atoms with Crippen molar-refractivity contribution in [2.24, 2.45) is 5.10 Å². The van der Waals surface area contributed by atoms with Gasteiger partial charge in [-0.25, -0.2) is 5.43 Å². The maximum atomic E-state index is 12.5. The summed E-state index contributed by atoms with van der Waals surface area (Å²) in [7, 11) is 0. The fourth-order valence-electron chi connectivity index (χ4n) is 2.42. The lowest BCUT2D eigenvalue weighted by Gasteiger charge is -2.07. The summed E-state index contributed by atoms with van der Waals surface area (Å²) in [5, 5.41) is 15.3. The highest BCUT2D eigenvalue weighted by Crippen LogP contribution is 2.29. The Balaban J connectivity index is 1.73. The van der Waals surface area contributed by atoms with Gasteiger partial charge in [-0.3, -0.25) is 4.79 Å². The second-order valence-corrected chi connectivity index (χ2v) is 5.50. The number of hydrazone groups is 1. The first-order chi connectivity index (χ1) is 12.4. The Kier molecular flexibility index (Phi) is 4.62. The third kappa shape index (κ3) is 3.66. The molecule has 0 aliphatic rings. The first-order valence-electron chi connectivity index (χ1n) is 7.57. The van der Waals surface area contributed by atoms with Crippen LogP contribution in [-0.2, 0) is 6.18 Å². The zero-order valence-corrected chi connectivity index (χ0v) is 13.3. The molecule has 7 heteroatoms. The van der Waals surface area contributed by atoms with Gasteiger partial charge in [0.15, 0.2) is 0 Å². The summed E-state index contributed by atoms with van der Waals surface area (Å²) in [5.41, 5.74) is 1.92. The van der Waals surface area contributed by atoms with Crippen molar-refractivity contribution >= 4 is 22.9 Å². The quantitative estimate of drug-likeness (QED) is 0.541. The molecular formula is C19H13F3N2O2. The van der Waals surface area contributed by atoms with Crippen molar-refractivity contribution in [2.45, 2.75) is 6.18 Å².